The van der Waals surface area contributed by atoms with E-state index in [1.807, 2.05) is 0 Å². The Morgan fingerprint density at radius 1 is 0.382 bits per heavy atom. The molecular formula is C49H36O27. The Labute approximate surface area is 420 Å². The molecule has 0 aromatic heterocycles. The monoisotopic (exact) mass is 1060 g/mol. The van der Waals surface area contributed by atoms with Gasteiger partial charge in [-0.2, -0.15) is 0 Å². The predicted octanol–water partition coefficient (Wildman–Crippen LogP) is 2.31. The normalized spacial score (nSPS) is 21.7. The molecule has 76 heavy (non-hydrogen) atoms. The lowest BCUT2D eigenvalue weighted by Gasteiger charge is -2.43. The van der Waals surface area contributed by atoms with E-state index in [0.29, 0.717) is 24.3 Å². The summed E-state index contributed by atoms with van der Waals surface area (Å²) in [6.07, 6.45) is -14.6. The maximum Gasteiger partial charge on any atom is 0.339 e. The minimum Gasteiger partial charge on any atom is -0.507 e. The molecule has 7 atom stereocenters. The van der Waals surface area contributed by atoms with E-state index < -0.39 is 233 Å². The van der Waals surface area contributed by atoms with Gasteiger partial charge in [0, 0.05) is 51.4 Å². The second-order valence-electron chi connectivity index (χ2n) is 17.7. The Balaban J connectivity index is 1.28. The lowest BCUT2D eigenvalue weighted by Crippen LogP contribution is -2.55. The zero-order chi connectivity index (χ0) is 55.0. The van der Waals surface area contributed by atoms with Crippen LogP contribution < -0.4 is 4.74 Å². The van der Waals surface area contributed by atoms with Gasteiger partial charge in [-0.05, 0) is 35.9 Å². The molecular weight excluding hydrogens is 1020 g/mol. The average Bonchev–Trinajstić information content (AvgIpc) is 3.46. The van der Waals surface area contributed by atoms with Gasteiger partial charge < -0.3 is 116 Å². The Morgan fingerprint density at radius 3 is 1.43 bits per heavy atom. The first-order valence-electron chi connectivity index (χ1n) is 21.9. The lowest BCUT2D eigenvalue weighted by molar-refractivity contribution is -0.133. The van der Waals surface area contributed by atoms with Crippen LogP contribution in [0, 0.1) is 0 Å². The summed E-state index contributed by atoms with van der Waals surface area (Å²) in [5.41, 5.74) is -11.2. The van der Waals surface area contributed by atoms with E-state index in [1.165, 1.54) is 6.07 Å². The molecule has 0 amide bonds. The van der Waals surface area contributed by atoms with Crippen molar-refractivity contribution in [3.05, 3.63) is 87.0 Å². The first kappa shape index (κ1) is 49.3. The molecule has 4 aliphatic heterocycles. The third-order valence-electron chi connectivity index (χ3n) is 13.4. The molecule has 0 radical (unpaired) electrons. The molecule has 0 aliphatic carbocycles. The number of aromatic hydroxyl groups is 16. The second kappa shape index (κ2) is 17.2. The maximum atomic E-state index is 14.8. The second-order valence-corrected chi connectivity index (χ2v) is 17.7. The molecule has 18 N–H and O–H groups in total. The van der Waals surface area contributed by atoms with Crippen molar-refractivity contribution in [2.24, 2.45) is 0 Å². The molecule has 0 saturated carbocycles. The SMILES string of the molecule is O=C1OC[C@@H](O)[C@H](C2OC(=O)c3cc(O)c(O)c(O)c3-c3c(O)c(O)c(O)c4c3C(=O)O[C@H]2[C@H]4c2c(O)cc(O)c3c2O[C@H](c2ccc(O)c(O)c2)[C@H](O)C3)OC(=O)c2cc(O)c(O)c(O)c2-c2c1cc(O)c(O)c2O. The van der Waals surface area contributed by atoms with E-state index in [-0.39, 0.29) is 11.1 Å². The van der Waals surface area contributed by atoms with Crippen LogP contribution in [-0.2, 0) is 25.4 Å². The first-order chi connectivity index (χ1) is 35.8. The van der Waals surface area contributed by atoms with E-state index in [9.17, 15) is 111 Å². The van der Waals surface area contributed by atoms with Gasteiger partial charge >= 0.3 is 23.9 Å². The fraction of sp³-hybridized carbons (Fsp3) is 0.184. The molecule has 10 rings (SSSR count). The zero-order valence-electron chi connectivity index (χ0n) is 37.7. The number of benzene rings is 6. The summed E-state index contributed by atoms with van der Waals surface area (Å²) in [4.78, 5) is 58.3. The largest absolute Gasteiger partial charge is 0.507 e. The van der Waals surface area contributed by atoms with Crippen LogP contribution in [0.1, 0.15) is 75.7 Å². The van der Waals surface area contributed by atoms with E-state index in [4.69, 9.17) is 23.7 Å². The number of hydrogen-bond acceptors (Lipinski definition) is 27. The van der Waals surface area contributed by atoms with E-state index in [0.717, 1.165) is 12.1 Å². The van der Waals surface area contributed by atoms with Gasteiger partial charge in [0.2, 0.25) is 23.0 Å². The van der Waals surface area contributed by atoms with Crippen molar-refractivity contribution in [1.82, 2.24) is 0 Å². The number of phenolic OH excluding ortho intramolecular Hbond substituents is 16. The van der Waals surface area contributed by atoms with Crippen LogP contribution in [0.5, 0.6) is 97.7 Å². The molecule has 4 aliphatic rings. The molecule has 4 heterocycles. The van der Waals surface area contributed by atoms with Crippen molar-refractivity contribution in [2.75, 3.05) is 6.61 Å². The third-order valence-corrected chi connectivity index (χ3v) is 13.4. The summed E-state index contributed by atoms with van der Waals surface area (Å²) >= 11 is 0. The quantitative estimate of drug-likeness (QED) is 0.0687. The van der Waals surface area contributed by atoms with Gasteiger partial charge in [-0.1, -0.05) is 6.07 Å². The summed E-state index contributed by atoms with van der Waals surface area (Å²) < 4.78 is 29.1. The number of esters is 4. The fourth-order valence-electron chi connectivity index (χ4n) is 9.89. The molecule has 2 bridgehead atoms. The van der Waals surface area contributed by atoms with Crippen molar-refractivity contribution in [2.45, 2.75) is 49.0 Å². The molecule has 0 spiro atoms. The smallest absolute Gasteiger partial charge is 0.339 e. The van der Waals surface area contributed by atoms with Crippen LogP contribution in [0.3, 0.4) is 0 Å². The van der Waals surface area contributed by atoms with Crippen LogP contribution in [0.2, 0.25) is 0 Å². The number of hydrogen-bond donors (Lipinski definition) is 18. The first-order valence-corrected chi connectivity index (χ1v) is 21.9. The summed E-state index contributed by atoms with van der Waals surface area (Å²) in [5, 5.41) is 200. The number of cyclic esters (lactones) is 3. The van der Waals surface area contributed by atoms with Crippen LogP contribution in [0.25, 0.3) is 22.3 Å². The van der Waals surface area contributed by atoms with E-state index >= 15 is 0 Å². The van der Waals surface area contributed by atoms with Gasteiger partial charge in [0.05, 0.1) is 34.3 Å². The highest BCUT2D eigenvalue weighted by molar-refractivity contribution is 6.11. The number of carbonyl (C=O) groups excluding carboxylic acids is 4. The summed E-state index contributed by atoms with van der Waals surface area (Å²) in [6, 6.07) is 5.02. The molecule has 6 aromatic carbocycles. The van der Waals surface area contributed by atoms with Crippen LogP contribution >= 0.6 is 0 Å². The van der Waals surface area contributed by atoms with Gasteiger partial charge in [-0.15, -0.1) is 0 Å². The summed E-state index contributed by atoms with van der Waals surface area (Å²) in [5.74, 6) is -30.6. The van der Waals surface area contributed by atoms with Crippen molar-refractivity contribution >= 4 is 23.9 Å². The highest BCUT2D eigenvalue weighted by Crippen LogP contribution is 2.62. The van der Waals surface area contributed by atoms with Crippen molar-refractivity contribution < 1.29 is 135 Å². The van der Waals surface area contributed by atoms with Crippen molar-refractivity contribution in [3.8, 4) is 120 Å². The zero-order valence-corrected chi connectivity index (χ0v) is 37.7. The highest BCUT2D eigenvalue weighted by atomic mass is 16.6. The standard InChI is InChI=1S/C49H36O27/c50-15-2-1-10(3-17(15)52)41-22(57)4-11-16(51)8-18(53)27(42(11)73-41)30-29-31-28(38(65)40(67)39(29)66)26-14(7-21(56)34(61)37(26)64)48(70)76-45(44(30)75-49(31)71)43-23(58)9-72-46(68)12-5-19(54)32(59)35(62)24(12)25-13(47(69)74-43)6-20(55)33(60)36(25)63/h1-3,5-8,22-23,30,41,43-45,50-67H,4,9H2/t22-,23-,30+,41-,43-,44+,45?/m1/s1. The average molecular weight is 1060 g/mol. The molecule has 27 heteroatoms. The number of phenols is 16. The van der Waals surface area contributed by atoms with Crippen molar-refractivity contribution in [3.63, 3.8) is 0 Å². The van der Waals surface area contributed by atoms with Gasteiger partial charge in [-0.3, -0.25) is 0 Å². The minimum atomic E-state index is -2.77. The van der Waals surface area contributed by atoms with Crippen LogP contribution in [0.4, 0.5) is 0 Å². The number of aliphatic hydroxyl groups excluding tert-OH is 2. The Hall–Kier alpha value is -10.3. The summed E-state index contributed by atoms with van der Waals surface area (Å²) in [6.45, 7) is -1.44. The van der Waals surface area contributed by atoms with Gasteiger partial charge in [-0.25, -0.2) is 19.2 Å². The predicted molar refractivity (Wildman–Crippen MR) is 242 cm³/mol. The molecule has 27 nitrogen and oxygen atoms in total. The fourth-order valence-corrected chi connectivity index (χ4v) is 9.89. The Bertz CT molecular complexity index is 3600. The number of ether oxygens (including phenoxy) is 5. The number of fused-ring (bicyclic) bond motifs is 8. The van der Waals surface area contributed by atoms with Gasteiger partial charge in [0.1, 0.15) is 36.1 Å². The van der Waals surface area contributed by atoms with Crippen LogP contribution in [0.15, 0.2) is 42.5 Å². The van der Waals surface area contributed by atoms with Gasteiger partial charge in [0.25, 0.3) is 0 Å². The molecule has 1 unspecified atom stereocenters. The van der Waals surface area contributed by atoms with Crippen LogP contribution in [-0.4, -0.2) is 153 Å². The number of carbonyl (C=O) groups is 4. The highest BCUT2D eigenvalue weighted by Gasteiger charge is 2.56. The van der Waals surface area contributed by atoms with Crippen molar-refractivity contribution in [1.29, 1.82) is 0 Å². The Kier molecular flexibility index (Phi) is 11.1. The Morgan fingerprint density at radius 2 is 0.882 bits per heavy atom. The third kappa shape index (κ3) is 7.11. The maximum absolute atomic E-state index is 14.8. The van der Waals surface area contributed by atoms with E-state index in [2.05, 4.69) is 0 Å². The van der Waals surface area contributed by atoms with E-state index in [1.54, 1.807) is 0 Å². The molecule has 6 aromatic rings. The lowest BCUT2D eigenvalue weighted by atomic mass is 9.73. The topological polar surface area (TPSA) is 479 Å². The minimum absolute atomic E-state index is 0.0770. The number of aliphatic hydroxyl groups is 2. The molecule has 0 saturated heterocycles. The number of rotatable bonds is 3. The van der Waals surface area contributed by atoms with Gasteiger partial charge in [0.15, 0.2) is 75.8 Å². The summed E-state index contributed by atoms with van der Waals surface area (Å²) in [7, 11) is 0. The molecule has 394 valence electrons. The molecule has 0 fully saturated rings.